The van der Waals surface area contributed by atoms with Crippen molar-refractivity contribution in [1.29, 1.82) is 0 Å². The van der Waals surface area contributed by atoms with E-state index in [-0.39, 0.29) is 0 Å². The summed E-state index contributed by atoms with van der Waals surface area (Å²) in [5.74, 6) is 0.971. The summed E-state index contributed by atoms with van der Waals surface area (Å²) in [5.41, 5.74) is 2.89. The molecule has 18 heavy (non-hydrogen) atoms. The van der Waals surface area contributed by atoms with E-state index in [9.17, 15) is 0 Å². The largest absolute Gasteiger partial charge is 0.497 e. The molecule has 1 aromatic carbocycles. The number of hydrogen-bond acceptors (Lipinski definition) is 3. The molecule has 2 nitrogen and oxygen atoms in total. The van der Waals surface area contributed by atoms with Crippen LogP contribution in [0.3, 0.4) is 0 Å². The fourth-order valence-corrected chi connectivity index (χ4v) is 4.12. The van der Waals surface area contributed by atoms with Gasteiger partial charge in [0.1, 0.15) is 5.75 Å². The van der Waals surface area contributed by atoms with Crippen molar-refractivity contribution < 1.29 is 4.74 Å². The van der Waals surface area contributed by atoms with E-state index in [1.807, 2.05) is 0 Å². The Morgan fingerprint density at radius 3 is 2.78 bits per heavy atom. The monoisotopic (exact) mass is 265 g/mol. The lowest BCUT2D eigenvalue weighted by Crippen LogP contribution is -2.33. The summed E-state index contributed by atoms with van der Waals surface area (Å²) in [6.45, 7) is 4.56. The highest BCUT2D eigenvalue weighted by molar-refractivity contribution is 8.00. The maximum atomic E-state index is 5.31. The Kier molecular flexibility index (Phi) is 4.57. The van der Waals surface area contributed by atoms with Crippen molar-refractivity contribution in [1.82, 2.24) is 5.32 Å². The van der Waals surface area contributed by atoms with Gasteiger partial charge in [0.25, 0.3) is 0 Å². The minimum Gasteiger partial charge on any atom is -0.497 e. The standard InChI is InChI=1S/C15H23NOS/c1-10(2)18-14-8-5-11-9-12(17-4)6-7-13(11)15(14)16-3/h6-7,9-10,14-16H,5,8H2,1-4H3. The van der Waals surface area contributed by atoms with Gasteiger partial charge in [-0.05, 0) is 48.4 Å². The molecular weight excluding hydrogens is 242 g/mol. The zero-order valence-corrected chi connectivity index (χ0v) is 12.5. The second-order valence-electron chi connectivity index (χ2n) is 5.09. The lowest BCUT2D eigenvalue weighted by molar-refractivity contribution is 0.412. The van der Waals surface area contributed by atoms with Crippen molar-refractivity contribution in [2.75, 3.05) is 14.2 Å². The van der Waals surface area contributed by atoms with Crippen LogP contribution in [0.2, 0.25) is 0 Å². The van der Waals surface area contributed by atoms with Gasteiger partial charge in [0.15, 0.2) is 0 Å². The molecule has 0 aromatic heterocycles. The number of nitrogens with one attached hydrogen (secondary N) is 1. The van der Waals surface area contributed by atoms with Gasteiger partial charge in [-0.2, -0.15) is 11.8 Å². The number of thioether (sulfide) groups is 1. The summed E-state index contributed by atoms with van der Waals surface area (Å²) in [4.78, 5) is 0. The van der Waals surface area contributed by atoms with Crippen molar-refractivity contribution in [3.8, 4) is 5.75 Å². The molecule has 1 N–H and O–H groups in total. The lowest BCUT2D eigenvalue weighted by Gasteiger charge is -2.34. The number of aryl methyl sites for hydroxylation is 1. The topological polar surface area (TPSA) is 21.3 Å². The Hall–Kier alpha value is -0.670. The van der Waals surface area contributed by atoms with E-state index < -0.39 is 0 Å². The van der Waals surface area contributed by atoms with Crippen LogP contribution in [0.5, 0.6) is 5.75 Å². The molecular formula is C15H23NOS. The quantitative estimate of drug-likeness (QED) is 0.901. The van der Waals surface area contributed by atoms with Crippen molar-refractivity contribution in [2.45, 2.75) is 43.2 Å². The van der Waals surface area contributed by atoms with Crippen LogP contribution in [0.15, 0.2) is 18.2 Å². The molecule has 3 heteroatoms. The molecule has 2 rings (SSSR count). The highest BCUT2D eigenvalue weighted by atomic mass is 32.2. The lowest BCUT2D eigenvalue weighted by atomic mass is 9.87. The van der Waals surface area contributed by atoms with E-state index in [0.717, 1.165) is 12.2 Å². The van der Waals surface area contributed by atoms with Gasteiger partial charge in [-0.1, -0.05) is 19.9 Å². The molecule has 1 aromatic rings. The summed E-state index contributed by atoms with van der Waals surface area (Å²) in [5, 5.41) is 4.85. The van der Waals surface area contributed by atoms with Gasteiger partial charge in [0.2, 0.25) is 0 Å². The minimum atomic E-state index is 0.465. The molecule has 0 fully saturated rings. The van der Waals surface area contributed by atoms with Crippen LogP contribution in [0.4, 0.5) is 0 Å². The predicted molar refractivity (Wildman–Crippen MR) is 79.6 cm³/mol. The molecule has 1 aliphatic rings. The van der Waals surface area contributed by atoms with Gasteiger partial charge in [0, 0.05) is 11.3 Å². The van der Waals surface area contributed by atoms with Crippen LogP contribution in [-0.2, 0) is 6.42 Å². The molecule has 0 heterocycles. The number of ether oxygens (including phenoxy) is 1. The van der Waals surface area contributed by atoms with Gasteiger partial charge in [-0.15, -0.1) is 0 Å². The van der Waals surface area contributed by atoms with E-state index in [1.54, 1.807) is 7.11 Å². The third-order valence-corrected chi connectivity index (χ3v) is 4.91. The number of methoxy groups -OCH3 is 1. The zero-order valence-electron chi connectivity index (χ0n) is 11.7. The zero-order chi connectivity index (χ0) is 13.1. The molecule has 0 aliphatic heterocycles. The fraction of sp³-hybridized carbons (Fsp3) is 0.600. The molecule has 2 unspecified atom stereocenters. The molecule has 2 atom stereocenters. The smallest absolute Gasteiger partial charge is 0.119 e. The normalized spacial score (nSPS) is 22.9. The molecule has 100 valence electrons. The molecule has 0 bridgehead atoms. The predicted octanol–water partition coefficient (Wildman–Crippen LogP) is 3.41. The van der Waals surface area contributed by atoms with Gasteiger partial charge in [-0.3, -0.25) is 0 Å². The number of benzene rings is 1. The Balaban J connectivity index is 2.26. The van der Waals surface area contributed by atoms with Gasteiger partial charge in [0.05, 0.1) is 7.11 Å². The minimum absolute atomic E-state index is 0.465. The average Bonchev–Trinajstić information content (AvgIpc) is 2.37. The SMILES string of the molecule is CNC1c2ccc(OC)cc2CCC1SC(C)C. The van der Waals surface area contributed by atoms with Gasteiger partial charge in [-0.25, -0.2) is 0 Å². The molecule has 0 saturated heterocycles. The second-order valence-corrected chi connectivity index (χ2v) is 6.91. The van der Waals surface area contributed by atoms with Gasteiger partial charge >= 0.3 is 0 Å². The number of fused-ring (bicyclic) bond motifs is 1. The summed E-state index contributed by atoms with van der Waals surface area (Å²) >= 11 is 2.09. The summed E-state index contributed by atoms with van der Waals surface area (Å²) in [7, 11) is 3.80. The maximum absolute atomic E-state index is 5.31. The van der Waals surface area contributed by atoms with Crippen LogP contribution >= 0.6 is 11.8 Å². The Morgan fingerprint density at radius 1 is 1.39 bits per heavy atom. The van der Waals surface area contributed by atoms with E-state index in [2.05, 4.69) is 56.2 Å². The van der Waals surface area contributed by atoms with Crippen molar-refractivity contribution in [3.05, 3.63) is 29.3 Å². The van der Waals surface area contributed by atoms with Crippen LogP contribution < -0.4 is 10.1 Å². The number of rotatable bonds is 4. The van der Waals surface area contributed by atoms with E-state index in [0.29, 0.717) is 16.5 Å². The van der Waals surface area contributed by atoms with Crippen molar-refractivity contribution >= 4 is 11.8 Å². The third kappa shape index (κ3) is 2.83. The second kappa shape index (κ2) is 5.98. The maximum Gasteiger partial charge on any atom is 0.119 e. The van der Waals surface area contributed by atoms with Crippen LogP contribution in [0.25, 0.3) is 0 Å². The summed E-state index contributed by atoms with van der Waals surface area (Å²) < 4.78 is 5.31. The molecule has 0 radical (unpaired) electrons. The Labute approximate surface area is 114 Å². The van der Waals surface area contributed by atoms with E-state index in [1.165, 1.54) is 17.5 Å². The van der Waals surface area contributed by atoms with Crippen LogP contribution in [0, 0.1) is 0 Å². The number of hydrogen-bond donors (Lipinski definition) is 1. The fourth-order valence-electron chi connectivity index (χ4n) is 2.73. The average molecular weight is 265 g/mol. The highest BCUT2D eigenvalue weighted by Crippen LogP contribution is 2.39. The summed E-state index contributed by atoms with van der Waals surface area (Å²) in [6.07, 6.45) is 2.41. The molecule has 1 aliphatic carbocycles. The molecule has 0 amide bonds. The van der Waals surface area contributed by atoms with Crippen molar-refractivity contribution in [2.24, 2.45) is 0 Å². The first-order chi connectivity index (χ1) is 8.65. The third-order valence-electron chi connectivity index (χ3n) is 3.51. The van der Waals surface area contributed by atoms with Crippen LogP contribution in [-0.4, -0.2) is 24.7 Å². The van der Waals surface area contributed by atoms with Crippen LogP contribution in [0.1, 0.15) is 37.4 Å². The first-order valence-electron chi connectivity index (χ1n) is 6.65. The van der Waals surface area contributed by atoms with E-state index >= 15 is 0 Å². The summed E-state index contributed by atoms with van der Waals surface area (Å²) in [6, 6.07) is 6.95. The van der Waals surface area contributed by atoms with Crippen molar-refractivity contribution in [3.63, 3.8) is 0 Å². The van der Waals surface area contributed by atoms with E-state index in [4.69, 9.17) is 4.74 Å². The first-order valence-corrected chi connectivity index (χ1v) is 7.59. The highest BCUT2D eigenvalue weighted by Gasteiger charge is 2.29. The Bertz CT molecular complexity index is 405. The first kappa shape index (κ1) is 13.8. The van der Waals surface area contributed by atoms with Gasteiger partial charge < -0.3 is 10.1 Å². The molecule has 0 saturated carbocycles. The Morgan fingerprint density at radius 2 is 2.17 bits per heavy atom. The molecule has 0 spiro atoms.